The average Bonchev–Trinajstić information content (AvgIpc) is 2.94. The number of hydrogen-bond acceptors (Lipinski definition) is 5. The fraction of sp³-hybridized carbons (Fsp3) is 0.250. The van der Waals surface area contributed by atoms with Crippen LogP contribution in [-0.2, 0) is 11.8 Å². The van der Waals surface area contributed by atoms with Gasteiger partial charge < -0.3 is 15.4 Å². The second-order valence-corrected chi connectivity index (χ2v) is 5.09. The van der Waals surface area contributed by atoms with Crippen LogP contribution >= 0.6 is 0 Å². The van der Waals surface area contributed by atoms with E-state index in [4.69, 9.17) is 4.74 Å². The third-order valence-electron chi connectivity index (χ3n) is 3.22. The Labute approximate surface area is 138 Å². The molecule has 0 unspecified atom stereocenters. The Morgan fingerprint density at radius 3 is 2.46 bits per heavy atom. The molecule has 0 saturated carbocycles. The number of carbonyl (C=O) groups excluding carboxylic acids is 3. The molecule has 1 aromatic heterocycles. The maximum Gasteiger partial charge on any atom is 0.258 e. The Balaban J connectivity index is 1.90. The lowest BCUT2D eigenvalue weighted by atomic mass is 10.1. The van der Waals surface area contributed by atoms with Crippen molar-refractivity contribution >= 4 is 23.3 Å². The first kappa shape index (κ1) is 17.2. The van der Waals surface area contributed by atoms with Crippen LogP contribution < -0.4 is 15.4 Å². The number of rotatable bonds is 6. The van der Waals surface area contributed by atoms with Gasteiger partial charge in [0.05, 0.1) is 13.7 Å². The minimum Gasteiger partial charge on any atom is -0.479 e. The van der Waals surface area contributed by atoms with Gasteiger partial charge in [0.2, 0.25) is 11.8 Å². The van der Waals surface area contributed by atoms with Crippen LogP contribution in [0.3, 0.4) is 0 Å². The van der Waals surface area contributed by atoms with Gasteiger partial charge in [-0.15, -0.1) is 5.10 Å². The molecule has 1 aromatic carbocycles. The van der Waals surface area contributed by atoms with Gasteiger partial charge in [-0.05, 0) is 31.2 Å². The molecule has 0 radical (unpaired) electrons. The van der Waals surface area contributed by atoms with Gasteiger partial charge >= 0.3 is 0 Å². The van der Waals surface area contributed by atoms with Crippen molar-refractivity contribution in [2.45, 2.75) is 6.92 Å². The van der Waals surface area contributed by atoms with Crippen LogP contribution in [0.5, 0.6) is 5.88 Å². The largest absolute Gasteiger partial charge is 0.479 e. The van der Waals surface area contributed by atoms with Gasteiger partial charge in [-0.25, -0.2) is 0 Å². The van der Waals surface area contributed by atoms with E-state index in [9.17, 15) is 14.4 Å². The Bertz CT molecular complexity index is 765. The minimum absolute atomic E-state index is 0.0504. The maximum atomic E-state index is 12.1. The molecule has 0 bridgehead atoms. The monoisotopic (exact) mass is 330 g/mol. The highest BCUT2D eigenvalue weighted by Crippen LogP contribution is 2.14. The smallest absolute Gasteiger partial charge is 0.258 e. The quantitative estimate of drug-likeness (QED) is 0.769. The molecule has 24 heavy (non-hydrogen) atoms. The molecule has 0 spiro atoms. The summed E-state index contributed by atoms with van der Waals surface area (Å²) >= 11 is 0. The molecule has 126 valence electrons. The third kappa shape index (κ3) is 4.19. The molecule has 0 saturated heterocycles. The van der Waals surface area contributed by atoms with E-state index in [1.54, 1.807) is 31.3 Å². The highest BCUT2D eigenvalue weighted by atomic mass is 16.5. The van der Waals surface area contributed by atoms with Crippen LogP contribution in [0.15, 0.2) is 30.5 Å². The van der Waals surface area contributed by atoms with Crippen LogP contribution in [-0.4, -0.2) is 41.0 Å². The summed E-state index contributed by atoms with van der Waals surface area (Å²) in [5.74, 6) is -0.704. The van der Waals surface area contributed by atoms with Crippen LogP contribution in [0, 0.1) is 0 Å². The number of carbonyl (C=O) groups is 3. The van der Waals surface area contributed by atoms with Gasteiger partial charge in [-0.2, -0.15) is 0 Å². The van der Waals surface area contributed by atoms with Gasteiger partial charge in [0.15, 0.2) is 5.78 Å². The number of hydrogen-bond donors (Lipinski definition) is 2. The lowest BCUT2D eigenvalue weighted by Gasteiger charge is -2.07. The lowest BCUT2D eigenvalue weighted by molar-refractivity contribution is -0.115. The zero-order valence-electron chi connectivity index (χ0n) is 13.6. The van der Waals surface area contributed by atoms with E-state index < -0.39 is 5.91 Å². The normalized spacial score (nSPS) is 10.1. The number of methoxy groups -OCH3 is 1. The average molecular weight is 330 g/mol. The molecule has 1 heterocycles. The Morgan fingerprint density at radius 1 is 1.21 bits per heavy atom. The number of Topliss-reactive ketones (excluding diaryl/α,β-unsaturated/α-hetero) is 1. The van der Waals surface area contributed by atoms with Gasteiger partial charge in [-0.3, -0.25) is 19.1 Å². The highest BCUT2D eigenvalue weighted by molar-refractivity contribution is 6.00. The van der Waals surface area contributed by atoms with Crippen LogP contribution in [0.25, 0.3) is 0 Å². The van der Waals surface area contributed by atoms with Crippen molar-refractivity contribution in [3.05, 3.63) is 41.6 Å². The first-order valence-electron chi connectivity index (χ1n) is 7.17. The van der Waals surface area contributed by atoms with Crippen molar-refractivity contribution in [1.29, 1.82) is 0 Å². The zero-order chi connectivity index (χ0) is 17.7. The molecule has 8 nitrogen and oxygen atoms in total. The first-order chi connectivity index (χ1) is 11.4. The Kier molecular flexibility index (Phi) is 5.31. The van der Waals surface area contributed by atoms with Gasteiger partial charge in [-0.1, -0.05) is 0 Å². The summed E-state index contributed by atoms with van der Waals surface area (Å²) in [5.41, 5.74) is 1.35. The van der Waals surface area contributed by atoms with Gasteiger partial charge in [0, 0.05) is 24.5 Å². The van der Waals surface area contributed by atoms with Crippen LogP contribution in [0.4, 0.5) is 5.69 Å². The van der Waals surface area contributed by atoms with Crippen molar-refractivity contribution in [3.63, 3.8) is 0 Å². The summed E-state index contributed by atoms with van der Waals surface area (Å²) in [6.07, 6.45) is 1.51. The number of aromatic nitrogens is 2. The molecule has 0 atom stereocenters. The molecule has 0 aliphatic heterocycles. The topological polar surface area (TPSA) is 102 Å². The molecule has 2 amide bonds. The third-order valence-corrected chi connectivity index (χ3v) is 3.22. The van der Waals surface area contributed by atoms with E-state index in [0.29, 0.717) is 11.3 Å². The first-order valence-corrected chi connectivity index (χ1v) is 7.17. The number of anilines is 1. The standard InChI is InChI=1S/C16H18N4O4/c1-10(21)11-4-6-12(7-5-11)18-14(22)8-17-15(23)13-9-20(2)19-16(13)24-3/h4-7,9H,8H2,1-3H3,(H,17,23)(H,18,22). The summed E-state index contributed by atoms with van der Waals surface area (Å²) in [4.78, 5) is 35.1. The number of amides is 2. The number of ether oxygens (including phenoxy) is 1. The zero-order valence-corrected chi connectivity index (χ0v) is 13.6. The molecule has 2 N–H and O–H groups in total. The fourth-order valence-electron chi connectivity index (χ4n) is 2.02. The second kappa shape index (κ2) is 7.40. The number of benzene rings is 1. The molecular weight excluding hydrogens is 312 g/mol. The predicted molar refractivity (Wildman–Crippen MR) is 87.2 cm³/mol. The van der Waals surface area contributed by atoms with Crippen molar-refractivity contribution in [2.75, 3.05) is 19.0 Å². The summed E-state index contributed by atoms with van der Waals surface area (Å²) in [6.45, 7) is 1.27. The lowest BCUT2D eigenvalue weighted by Crippen LogP contribution is -2.32. The molecule has 0 aliphatic rings. The minimum atomic E-state index is -0.456. The maximum absolute atomic E-state index is 12.1. The van der Waals surface area contributed by atoms with Crippen molar-refractivity contribution in [3.8, 4) is 5.88 Å². The number of nitrogens with one attached hydrogen (secondary N) is 2. The Morgan fingerprint density at radius 2 is 1.88 bits per heavy atom. The predicted octanol–water partition coefficient (Wildman–Crippen LogP) is 1.000. The summed E-state index contributed by atoms with van der Waals surface area (Å²) in [5, 5.41) is 9.10. The van der Waals surface area contributed by atoms with Crippen LogP contribution in [0.2, 0.25) is 0 Å². The SMILES string of the molecule is COc1nn(C)cc1C(=O)NCC(=O)Nc1ccc(C(C)=O)cc1. The highest BCUT2D eigenvalue weighted by Gasteiger charge is 2.17. The van der Waals surface area contributed by atoms with E-state index in [0.717, 1.165) is 0 Å². The van der Waals surface area contributed by atoms with E-state index >= 15 is 0 Å². The van der Waals surface area contributed by atoms with Crippen molar-refractivity contribution in [2.24, 2.45) is 7.05 Å². The van der Waals surface area contributed by atoms with E-state index in [1.165, 1.54) is 24.9 Å². The summed E-state index contributed by atoms with van der Waals surface area (Å²) in [7, 11) is 3.08. The summed E-state index contributed by atoms with van der Waals surface area (Å²) in [6, 6.07) is 6.50. The van der Waals surface area contributed by atoms with Crippen LogP contribution in [0.1, 0.15) is 27.6 Å². The van der Waals surface area contributed by atoms with Crippen molar-refractivity contribution < 1.29 is 19.1 Å². The van der Waals surface area contributed by atoms with Gasteiger partial charge in [0.25, 0.3) is 5.91 Å². The number of nitrogens with zero attached hydrogens (tertiary/aromatic N) is 2. The van der Waals surface area contributed by atoms with E-state index in [1.807, 2.05) is 0 Å². The molecule has 2 rings (SSSR count). The van der Waals surface area contributed by atoms with Crippen molar-refractivity contribution in [1.82, 2.24) is 15.1 Å². The molecule has 8 heteroatoms. The summed E-state index contributed by atoms with van der Waals surface area (Å²) < 4.78 is 6.45. The second-order valence-electron chi connectivity index (χ2n) is 5.09. The molecular formula is C16H18N4O4. The molecule has 0 aliphatic carbocycles. The van der Waals surface area contributed by atoms with E-state index in [2.05, 4.69) is 15.7 Å². The Hall–Kier alpha value is -3.16. The number of ketones is 1. The fourth-order valence-corrected chi connectivity index (χ4v) is 2.02. The van der Waals surface area contributed by atoms with E-state index in [-0.39, 0.29) is 29.7 Å². The number of aryl methyl sites for hydroxylation is 1. The molecule has 0 fully saturated rings. The molecule has 2 aromatic rings. The van der Waals surface area contributed by atoms with Gasteiger partial charge in [0.1, 0.15) is 5.56 Å².